The molecule has 1 aliphatic rings. The molecule has 0 N–H and O–H groups in total. The molecular formula is C26H29N3O4S2. The average Bonchev–Trinajstić information content (AvgIpc) is 3.20. The predicted octanol–water partition coefficient (Wildman–Crippen LogP) is 4.00. The van der Waals surface area contributed by atoms with E-state index in [-0.39, 0.29) is 29.8 Å². The fourth-order valence-corrected chi connectivity index (χ4v) is 6.76. The first-order valence-electron chi connectivity index (χ1n) is 11.5. The first-order valence-corrected chi connectivity index (χ1v) is 13.8. The summed E-state index contributed by atoms with van der Waals surface area (Å²) >= 11 is 1.46. The molecule has 0 unspecified atom stereocenters. The zero-order valence-electron chi connectivity index (χ0n) is 20.1. The lowest BCUT2D eigenvalue weighted by Gasteiger charge is -2.29. The molecule has 9 heteroatoms. The van der Waals surface area contributed by atoms with Crippen molar-refractivity contribution in [3.63, 3.8) is 0 Å². The second-order valence-electron chi connectivity index (χ2n) is 8.86. The van der Waals surface area contributed by atoms with Crippen molar-refractivity contribution in [3.8, 4) is 18.1 Å². The standard InChI is InChI=1S/C26H29N3O4S2/c1-5-14-29-23-11-6-20(18(2)3)17-24(23)34-26(29)27-25(30)19-12-15-28(16-13-19)35(31,32)22-9-7-21(33-4)8-10-22/h1,6-11,17-19H,12-16H2,2-4H3. The number of hydrogen-bond donors (Lipinski definition) is 0. The Morgan fingerprint density at radius 2 is 1.89 bits per heavy atom. The van der Waals surface area contributed by atoms with Crippen molar-refractivity contribution >= 4 is 37.5 Å². The number of nitrogens with zero attached hydrogens (tertiary/aromatic N) is 3. The molecule has 7 nitrogen and oxygen atoms in total. The van der Waals surface area contributed by atoms with Crippen molar-refractivity contribution in [2.75, 3.05) is 20.2 Å². The highest BCUT2D eigenvalue weighted by Crippen LogP contribution is 2.27. The van der Waals surface area contributed by atoms with Crippen molar-refractivity contribution in [1.82, 2.24) is 8.87 Å². The first-order chi connectivity index (χ1) is 16.7. The Morgan fingerprint density at radius 3 is 2.49 bits per heavy atom. The van der Waals surface area contributed by atoms with Gasteiger partial charge in [-0.2, -0.15) is 9.30 Å². The number of thiazole rings is 1. The maximum Gasteiger partial charge on any atom is 0.251 e. The molecule has 1 amide bonds. The summed E-state index contributed by atoms with van der Waals surface area (Å²) in [5.74, 6) is 3.09. The zero-order chi connectivity index (χ0) is 25.2. The molecule has 2 aromatic carbocycles. The van der Waals surface area contributed by atoms with Gasteiger partial charge in [0.2, 0.25) is 10.0 Å². The van der Waals surface area contributed by atoms with Gasteiger partial charge in [-0.3, -0.25) is 4.79 Å². The molecule has 0 aliphatic carbocycles. The van der Waals surface area contributed by atoms with Gasteiger partial charge in [0.05, 0.1) is 28.8 Å². The van der Waals surface area contributed by atoms with Crippen molar-refractivity contribution in [2.24, 2.45) is 10.9 Å². The van der Waals surface area contributed by atoms with Gasteiger partial charge in [-0.1, -0.05) is 37.2 Å². The van der Waals surface area contributed by atoms with E-state index in [0.717, 1.165) is 10.2 Å². The lowest BCUT2D eigenvalue weighted by molar-refractivity contribution is -0.122. The monoisotopic (exact) mass is 511 g/mol. The summed E-state index contributed by atoms with van der Waals surface area (Å²) in [6.45, 7) is 5.15. The van der Waals surface area contributed by atoms with E-state index in [9.17, 15) is 13.2 Å². The number of fused-ring (bicyclic) bond motifs is 1. The SMILES string of the molecule is C#CCn1c(=NC(=O)C2CCN(S(=O)(=O)c3ccc(OC)cc3)CC2)sc2cc(C(C)C)ccc21. The molecule has 184 valence electrons. The van der Waals surface area contributed by atoms with E-state index in [0.29, 0.717) is 35.9 Å². The van der Waals surface area contributed by atoms with E-state index in [4.69, 9.17) is 11.2 Å². The highest BCUT2D eigenvalue weighted by Gasteiger charge is 2.32. The molecule has 1 saturated heterocycles. The van der Waals surface area contributed by atoms with Crippen LogP contribution >= 0.6 is 11.3 Å². The minimum Gasteiger partial charge on any atom is -0.497 e. The van der Waals surface area contributed by atoms with Crippen LogP contribution in [0.5, 0.6) is 5.75 Å². The van der Waals surface area contributed by atoms with Gasteiger partial charge in [0.1, 0.15) is 5.75 Å². The third-order valence-corrected chi connectivity index (χ3v) is 9.28. The van der Waals surface area contributed by atoms with Crippen molar-refractivity contribution in [2.45, 2.75) is 44.0 Å². The second kappa shape index (κ2) is 10.4. The number of piperidine rings is 1. The van der Waals surface area contributed by atoms with Gasteiger partial charge in [0, 0.05) is 19.0 Å². The molecule has 1 aliphatic heterocycles. The van der Waals surface area contributed by atoms with Crippen molar-refractivity contribution < 1.29 is 17.9 Å². The van der Waals surface area contributed by atoms with Gasteiger partial charge in [-0.25, -0.2) is 8.42 Å². The van der Waals surface area contributed by atoms with Crippen LogP contribution in [0.15, 0.2) is 52.4 Å². The zero-order valence-corrected chi connectivity index (χ0v) is 21.7. The smallest absolute Gasteiger partial charge is 0.251 e. The van der Waals surface area contributed by atoms with E-state index >= 15 is 0 Å². The number of aromatic nitrogens is 1. The number of terminal acetylenes is 1. The van der Waals surface area contributed by atoms with Crippen molar-refractivity contribution in [1.29, 1.82) is 0 Å². The van der Waals surface area contributed by atoms with E-state index in [1.54, 1.807) is 12.1 Å². The molecule has 3 aromatic rings. The Kier molecular flexibility index (Phi) is 7.45. The van der Waals surface area contributed by atoms with E-state index in [2.05, 4.69) is 36.9 Å². The van der Waals surface area contributed by atoms with Crippen molar-refractivity contribution in [3.05, 3.63) is 52.8 Å². The lowest BCUT2D eigenvalue weighted by Crippen LogP contribution is -2.40. The van der Waals surface area contributed by atoms with Crippen LogP contribution in [0.2, 0.25) is 0 Å². The van der Waals surface area contributed by atoms with Gasteiger partial charge in [0.15, 0.2) is 4.80 Å². The Morgan fingerprint density at radius 1 is 1.20 bits per heavy atom. The average molecular weight is 512 g/mol. The van der Waals surface area contributed by atoms with Gasteiger partial charge in [-0.05, 0) is 60.7 Å². The fourth-order valence-electron chi connectivity index (χ4n) is 4.20. The summed E-state index contributed by atoms with van der Waals surface area (Å²) in [6, 6.07) is 12.6. The first kappa shape index (κ1) is 25.2. The van der Waals surface area contributed by atoms with Gasteiger partial charge >= 0.3 is 0 Å². The Balaban J connectivity index is 1.53. The molecule has 35 heavy (non-hydrogen) atoms. The molecule has 0 bridgehead atoms. The van der Waals surface area contributed by atoms with Crippen LogP contribution in [-0.4, -0.2) is 43.4 Å². The van der Waals surface area contributed by atoms with E-state index in [1.165, 1.54) is 40.4 Å². The lowest BCUT2D eigenvalue weighted by atomic mass is 9.98. The van der Waals surface area contributed by atoms with Crippen LogP contribution in [-0.2, 0) is 21.4 Å². The predicted molar refractivity (Wildman–Crippen MR) is 138 cm³/mol. The number of sulfonamides is 1. The summed E-state index contributed by atoms with van der Waals surface area (Å²) in [4.78, 5) is 18.3. The van der Waals surface area contributed by atoms with Crippen LogP contribution in [0.4, 0.5) is 0 Å². The molecular weight excluding hydrogens is 482 g/mol. The molecule has 0 atom stereocenters. The topological polar surface area (TPSA) is 81.0 Å². The third-order valence-electron chi connectivity index (χ3n) is 6.33. The molecule has 1 fully saturated rings. The summed E-state index contributed by atoms with van der Waals surface area (Å²) in [5.41, 5.74) is 2.18. The number of rotatable bonds is 6. The molecule has 0 saturated carbocycles. The van der Waals surface area contributed by atoms with E-state index < -0.39 is 10.0 Å². The normalized spacial score (nSPS) is 16.0. The largest absolute Gasteiger partial charge is 0.497 e. The highest BCUT2D eigenvalue weighted by molar-refractivity contribution is 7.89. The number of hydrogen-bond acceptors (Lipinski definition) is 5. The van der Waals surface area contributed by atoms with Gasteiger partial charge in [0.25, 0.3) is 5.91 Å². The number of carbonyl (C=O) groups is 1. The van der Waals surface area contributed by atoms with Crippen LogP contribution in [0, 0.1) is 18.3 Å². The molecule has 2 heterocycles. The summed E-state index contributed by atoms with van der Waals surface area (Å²) < 4.78 is 35.5. The molecule has 0 spiro atoms. The number of benzene rings is 2. The van der Waals surface area contributed by atoms with Gasteiger partial charge < -0.3 is 9.30 Å². The Hall–Kier alpha value is -2.93. The molecule has 0 radical (unpaired) electrons. The van der Waals surface area contributed by atoms with Crippen LogP contribution in [0.25, 0.3) is 10.2 Å². The van der Waals surface area contributed by atoms with Crippen LogP contribution in [0.3, 0.4) is 0 Å². The quantitative estimate of drug-likeness (QED) is 0.469. The number of methoxy groups -OCH3 is 1. The molecule has 1 aromatic heterocycles. The second-order valence-corrected chi connectivity index (χ2v) is 11.8. The van der Waals surface area contributed by atoms with Crippen LogP contribution < -0.4 is 9.54 Å². The number of amides is 1. The fraction of sp³-hybridized carbons (Fsp3) is 0.385. The summed E-state index contributed by atoms with van der Waals surface area (Å²) in [5, 5.41) is 0. The van der Waals surface area contributed by atoms with Gasteiger partial charge in [-0.15, -0.1) is 6.42 Å². The number of carbonyl (C=O) groups excluding carboxylic acids is 1. The number of ether oxygens (including phenoxy) is 1. The highest BCUT2D eigenvalue weighted by atomic mass is 32.2. The summed E-state index contributed by atoms with van der Waals surface area (Å²) in [7, 11) is -2.09. The minimum atomic E-state index is -3.63. The third kappa shape index (κ3) is 5.20. The maximum atomic E-state index is 13.1. The maximum absolute atomic E-state index is 13.1. The summed E-state index contributed by atoms with van der Waals surface area (Å²) in [6.07, 6.45) is 6.44. The molecule has 4 rings (SSSR count). The minimum absolute atomic E-state index is 0.217. The van der Waals surface area contributed by atoms with Crippen LogP contribution in [0.1, 0.15) is 38.2 Å². The Labute approximate surface area is 210 Å². The Bertz CT molecular complexity index is 1440. The van der Waals surface area contributed by atoms with E-state index in [1.807, 2.05) is 10.6 Å².